The van der Waals surface area contributed by atoms with Gasteiger partial charge in [0.25, 0.3) is 5.91 Å². The van der Waals surface area contributed by atoms with Crippen LogP contribution in [0.2, 0.25) is 0 Å². The molecule has 2 amide bonds. The molecule has 2 saturated heterocycles. The van der Waals surface area contributed by atoms with Crippen LogP contribution in [0.3, 0.4) is 0 Å². The summed E-state index contributed by atoms with van der Waals surface area (Å²) in [6.45, 7) is 0.406. The summed E-state index contributed by atoms with van der Waals surface area (Å²) >= 11 is 0. The lowest BCUT2D eigenvalue weighted by Gasteiger charge is -2.26. The lowest BCUT2D eigenvalue weighted by atomic mass is 9.90. The van der Waals surface area contributed by atoms with E-state index in [1.165, 1.54) is 19.2 Å². The summed E-state index contributed by atoms with van der Waals surface area (Å²) in [5.74, 6) is -0.981. The van der Waals surface area contributed by atoms with Crippen molar-refractivity contribution in [2.45, 2.75) is 18.7 Å². The van der Waals surface area contributed by atoms with Crippen molar-refractivity contribution in [1.82, 2.24) is 10.4 Å². The molecule has 2 aliphatic heterocycles. The van der Waals surface area contributed by atoms with Gasteiger partial charge in [0, 0.05) is 18.2 Å². The Kier molecular flexibility index (Phi) is 4.10. The average Bonchev–Trinajstić information content (AvgIpc) is 3.13. The van der Waals surface area contributed by atoms with E-state index in [1.54, 1.807) is 11.1 Å². The van der Waals surface area contributed by atoms with Gasteiger partial charge in [-0.2, -0.15) is 5.06 Å². The minimum atomic E-state index is -0.866. The number of fused-ring (bicyclic) bond motifs is 1. The monoisotopic (exact) mass is 354 g/mol. The number of phenolic OH excluding ortho intramolecular Hbond substituents is 1. The Bertz CT molecular complexity index is 854. The van der Waals surface area contributed by atoms with Gasteiger partial charge in [-0.25, -0.2) is 0 Å². The van der Waals surface area contributed by atoms with Gasteiger partial charge in [-0.15, -0.1) is 0 Å². The van der Waals surface area contributed by atoms with Crippen LogP contribution in [0.15, 0.2) is 48.5 Å². The second-order valence-corrected chi connectivity index (χ2v) is 6.34. The van der Waals surface area contributed by atoms with Crippen LogP contribution in [0.25, 0.3) is 0 Å². The summed E-state index contributed by atoms with van der Waals surface area (Å²) in [6.07, 6.45) is -0.866. The number of benzene rings is 2. The lowest BCUT2D eigenvalue weighted by molar-refractivity contribution is -0.178. The van der Waals surface area contributed by atoms with Crippen LogP contribution in [0.5, 0.6) is 11.5 Å². The van der Waals surface area contributed by atoms with Gasteiger partial charge in [0.15, 0.2) is 6.10 Å². The maximum Gasteiger partial charge on any atom is 0.258 e. The highest BCUT2D eigenvalue weighted by atomic mass is 16.7. The second-order valence-electron chi connectivity index (χ2n) is 6.34. The first kappa shape index (κ1) is 16.6. The number of imide groups is 1. The minimum absolute atomic E-state index is 0.0580. The lowest BCUT2D eigenvalue weighted by Crippen LogP contribution is -2.33. The van der Waals surface area contributed by atoms with E-state index < -0.39 is 24.0 Å². The average molecular weight is 354 g/mol. The predicted molar refractivity (Wildman–Crippen MR) is 90.9 cm³/mol. The van der Waals surface area contributed by atoms with Crippen molar-refractivity contribution in [2.75, 3.05) is 7.11 Å². The third-order valence-corrected chi connectivity index (χ3v) is 4.75. The Morgan fingerprint density at radius 1 is 1.15 bits per heavy atom. The van der Waals surface area contributed by atoms with E-state index in [1.807, 2.05) is 30.3 Å². The molecule has 2 heterocycles. The first-order chi connectivity index (χ1) is 12.6. The number of nitrogens with one attached hydrogen (secondary N) is 1. The summed E-state index contributed by atoms with van der Waals surface area (Å²) in [7, 11) is 1.49. The number of hydrogen-bond donors (Lipinski definition) is 2. The van der Waals surface area contributed by atoms with Crippen molar-refractivity contribution in [3.05, 3.63) is 59.7 Å². The van der Waals surface area contributed by atoms with E-state index in [0.29, 0.717) is 17.9 Å². The van der Waals surface area contributed by atoms with Crippen LogP contribution >= 0.6 is 0 Å². The van der Waals surface area contributed by atoms with E-state index in [2.05, 4.69) is 5.32 Å². The quantitative estimate of drug-likeness (QED) is 0.810. The first-order valence-electron chi connectivity index (χ1n) is 8.27. The third kappa shape index (κ3) is 2.71. The van der Waals surface area contributed by atoms with Crippen LogP contribution in [0.4, 0.5) is 0 Å². The van der Waals surface area contributed by atoms with Gasteiger partial charge < -0.3 is 9.84 Å². The van der Waals surface area contributed by atoms with Crippen molar-refractivity contribution in [2.24, 2.45) is 5.92 Å². The SMILES string of the molecule is COc1cc(O)ccc1C1C2C(=O)NC(=O)C2ON1Cc1ccccc1. The van der Waals surface area contributed by atoms with Crippen LogP contribution in [-0.4, -0.2) is 35.2 Å². The molecule has 0 spiro atoms. The summed E-state index contributed by atoms with van der Waals surface area (Å²) in [6, 6.07) is 13.8. The van der Waals surface area contributed by atoms with Crippen LogP contribution < -0.4 is 10.1 Å². The second kappa shape index (κ2) is 6.44. The Labute approximate surface area is 150 Å². The molecule has 3 atom stereocenters. The van der Waals surface area contributed by atoms with Crippen molar-refractivity contribution < 1.29 is 24.3 Å². The fraction of sp³-hybridized carbons (Fsp3) is 0.263. The number of hydroxylamine groups is 2. The maximum absolute atomic E-state index is 12.4. The number of carbonyl (C=O) groups is 2. The van der Waals surface area contributed by atoms with Crippen molar-refractivity contribution in [3.63, 3.8) is 0 Å². The fourth-order valence-corrected chi connectivity index (χ4v) is 3.58. The van der Waals surface area contributed by atoms with E-state index in [-0.39, 0.29) is 11.7 Å². The molecule has 0 aromatic heterocycles. The molecule has 0 aliphatic carbocycles. The summed E-state index contributed by atoms with van der Waals surface area (Å²) in [4.78, 5) is 30.3. The summed E-state index contributed by atoms with van der Waals surface area (Å²) in [5.41, 5.74) is 1.67. The molecule has 2 aromatic carbocycles. The van der Waals surface area contributed by atoms with Crippen molar-refractivity contribution in [1.29, 1.82) is 0 Å². The number of hydrogen-bond acceptors (Lipinski definition) is 6. The first-order valence-corrected chi connectivity index (χ1v) is 8.27. The van der Waals surface area contributed by atoms with Gasteiger partial charge in [0.2, 0.25) is 5.91 Å². The van der Waals surface area contributed by atoms with Gasteiger partial charge in [-0.05, 0) is 17.7 Å². The number of ether oxygens (including phenoxy) is 1. The molecule has 2 aromatic rings. The molecular formula is C19H18N2O5. The zero-order valence-corrected chi connectivity index (χ0v) is 14.1. The van der Waals surface area contributed by atoms with Crippen LogP contribution in [-0.2, 0) is 21.0 Å². The zero-order valence-electron chi connectivity index (χ0n) is 14.1. The Hall–Kier alpha value is -2.90. The molecule has 7 heteroatoms. The highest BCUT2D eigenvalue weighted by Crippen LogP contribution is 2.46. The molecule has 2 aliphatic rings. The molecule has 3 unspecified atom stereocenters. The number of nitrogens with zero attached hydrogens (tertiary/aromatic N) is 1. The molecule has 134 valence electrons. The van der Waals surface area contributed by atoms with Crippen molar-refractivity contribution >= 4 is 11.8 Å². The molecule has 2 N–H and O–H groups in total. The smallest absolute Gasteiger partial charge is 0.258 e. The van der Waals surface area contributed by atoms with E-state index in [4.69, 9.17) is 9.57 Å². The number of aromatic hydroxyl groups is 1. The van der Waals surface area contributed by atoms with Gasteiger partial charge in [0.1, 0.15) is 11.5 Å². The molecule has 4 rings (SSSR count). The van der Waals surface area contributed by atoms with Crippen LogP contribution in [0, 0.1) is 5.92 Å². The molecule has 0 radical (unpaired) electrons. The number of amides is 2. The number of phenols is 1. The minimum Gasteiger partial charge on any atom is -0.508 e. The largest absolute Gasteiger partial charge is 0.508 e. The van der Waals surface area contributed by atoms with Crippen molar-refractivity contribution in [3.8, 4) is 11.5 Å². The molecule has 0 saturated carbocycles. The van der Waals surface area contributed by atoms with Gasteiger partial charge in [0.05, 0.1) is 19.1 Å². The fourth-order valence-electron chi connectivity index (χ4n) is 3.58. The standard InChI is InChI=1S/C19H18N2O5/c1-25-14-9-12(22)7-8-13(14)16-15-17(19(24)20-18(15)23)26-21(16)10-11-5-3-2-4-6-11/h2-9,15-17,22H,10H2,1H3,(H,20,23,24). The Balaban J connectivity index is 1.76. The zero-order chi connectivity index (χ0) is 18.3. The van der Waals surface area contributed by atoms with E-state index in [0.717, 1.165) is 5.56 Å². The highest BCUT2D eigenvalue weighted by molar-refractivity contribution is 6.07. The number of rotatable bonds is 4. The topological polar surface area (TPSA) is 88.1 Å². The highest BCUT2D eigenvalue weighted by Gasteiger charge is 2.56. The summed E-state index contributed by atoms with van der Waals surface area (Å²) in [5, 5.41) is 13.7. The molecule has 2 fully saturated rings. The van der Waals surface area contributed by atoms with Gasteiger partial charge >= 0.3 is 0 Å². The van der Waals surface area contributed by atoms with E-state index >= 15 is 0 Å². The van der Waals surface area contributed by atoms with Gasteiger partial charge in [-0.1, -0.05) is 30.3 Å². The Morgan fingerprint density at radius 3 is 2.65 bits per heavy atom. The molecular weight excluding hydrogens is 336 g/mol. The molecule has 0 bridgehead atoms. The Morgan fingerprint density at radius 2 is 1.92 bits per heavy atom. The molecule has 26 heavy (non-hydrogen) atoms. The van der Waals surface area contributed by atoms with Crippen LogP contribution in [0.1, 0.15) is 17.2 Å². The predicted octanol–water partition coefficient (Wildman–Crippen LogP) is 1.53. The number of methoxy groups -OCH3 is 1. The third-order valence-electron chi connectivity index (χ3n) is 4.75. The van der Waals surface area contributed by atoms with E-state index in [9.17, 15) is 14.7 Å². The van der Waals surface area contributed by atoms with Gasteiger partial charge in [-0.3, -0.25) is 19.7 Å². The normalized spacial score (nSPS) is 25.2. The maximum atomic E-state index is 12.4. The number of carbonyl (C=O) groups excluding carboxylic acids is 2. The summed E-state index contributed by atoms with van der Waals surface area (Å²) < 4.78 is 5.39. The molecule has 7 nitrogen and oxygen atoms in total.